The van der Waals surface area contributed by atoms with E-state index in [1.165, 1.54) is 4.68 Å². The number of thiophene rings is 1. The van der Waals surface area contributed by atoms with Gasteiger partial charge >= 0.3 is 0 Å². The molecule has 0 saturated heterocycles. The molecule has 24 heavy (non-hydrogen) atoms. The minimum Gasteiger partial charge on any atom is -0.483 e. The molecule has 0 radical (unpaired) electrons. The molecule has 9 heteroatoms. The van der Waals surface area contributed by atoms with Gasteiger partial charge in [0.05, 0.1) is 0 Å². The van der Waals surface area contributed by atoms with Crippen molar-refractivity contribution in [2.75, 3.05) is 0 Å². The van der Waals surface area contributed by atoms with Gasteiger partial charge < -0.3 is 4.74 Å². The third kappa shape index (κ3) is 2.81. The molecule has 0 aliphatic rings. The van der Waals surface area contributed by atoms with Crippen LogP contribution in [0.3, 0.4) is 0 Å². The van der Waals surface area contributed by atoms with E-state index in [1.807, 2.05) is 25.1 Å². The SMILES string of the molecule is Cc1cccc(-n2nnnc2COc2c(C#N)sc(C#N)c2C)n1. The van der Waals surface area contributed by atoms with Gasteiger partial charge in [0, 0.05) is 11.3 Å². The highest BCUT2D eigenvalue weighted by Crippen LogP contribution is 2.34. The molecule has 0 aromatic carbocycles. The quantitative estimate of drug-likeness (QED) is 0.716. The highest BCUT2D eigenvalue weighted by molar-refractivity contribution is 7.13. The van der Waals surface area contributed by atoms with Gasteiger partial charge in [0.2, 0.25) is 0 Å². The Morgan fingerprint density at radius 1 is 1.21 bits per heavy atom. The Morgan fingerprint density at radius 3 is 2.71 bits per heavy atom. The van der Waals surface area contributed by atoms with Crippen LogP contribution in [0, 0.1) is 36.5 Å². The standard InChI is InChI=1S/C15H11N7OS/c1-9-4-3-5-13(18-9)22-14(19-20-21-22)8-23-15-10(2)11(6-16)24-12(15)7-17/h3-5H,8H2,1-2H3. The molecule has 3 aromatic heterocycles. The summed E-state index contributed by atoms with van der Waals surface area (Å²) in [6.07, 6.45) is 0. The molecule has 0 bridgehead atoms. The fourth-order valence-electron chi connectivity index (χ4n) is 2.11. The maximum Gasteiger partial charge on any atom is 0.195 e. The predicted octanol–water partition coefficient (Wildman–Crippen LogP) is 2.06. The van der Waals surface area contributed by atoms with Crippen molar-refractivity contribution < 1.29 is 4.74 Å². The summed E-state index contributed by atoms with van der Waals surface area (Å²) in [4.78, 5) is 5.19. The third-order valence-electron chi connectivity index (χ3n) is 3.26. The average molecular weight is 337 g/mol. The Kier molecular flexibility index (Phi) is 4.18. The van der Waals surface area contributed by atoms with Gasteiger partial charge in [-0.25, -0.2) is 4.98 Å². The Morgan fingerprint density at radius 2 is 2.00 bits per heavy atom. The Hall–Kier alpha value is -3.30. The van der Waals surface area contributed by atoms with E-state index in [2.05, 4.69) is 26.6 Å². The van der Waals surface area contributed by atoms with Gasteiger partial charge in [-0.15, -0.1) is 16.4 Å². The van der Waals surface area contributed by atoms with Crippen LogP contribution in [0.25, 0.3) is 5.82 Å². The van der Waals surface area contributed by atoms with Crippen LogP contribution in [0.1, 0.15) is 26.8 Å². The second-order valence-corrected chi connectivity index (χ2v) is 5.89. The van der Waals surface area contributed by atoms with Crippen LogP contribution in [-0.2, 0) is 6.61 Å². The second kappa shape index (κ2) is 6.44. The number of aryl methyl sites for hydroxylation is 1. The van der Waals surface area contributed by atoms with Gasteiger partial charge in [0.1, 0.15) is 21.9 Å². The van der Waals surface area contributed by atoms with E-state index in [4.69, 9.17) is 10.00 Å². The zero-order chi connectivity index (χ0) is 17.1. The monoisotopic (exact) mass is 337 g/mol. The van der Waals surface area contributed by atoms with Crippen LogP contribution in [0.2, 0.25) is 0 Å². The number of nitrogens with zero attached hydrogens (tertiary/aromatic N) is 7. The van der Waals surface area contributed by atoms with Crippen molar-refractivity contribution in [1.29, 1.82) is 10.5 Å². The molecule has 0 fully saturated rings. The van der Waals surface area contributed by atoms with E-state index in [1.54, 1.807) is 13.0 Å². The van der Waals surface area contributed by atoms with Gasteiger partial charge in [0.15, 0.2) is 24.0 Å². The van der Waals surface area contributed by atoms with E-state index in [0.29, 0.717) is 32.7 Å². The molecule has 118 valence electrons. The minimum absolute atomic E-state index is 0.0553. The van der Waals surface area contributed by atoms with Gasteiger partial charge in [-0.3, -0.25) is 0 Å². The lowest BCUT2D eigenvalue weighted by Gasteiger charge is -2.07. The van der Waals surface area contributed by atoms with E-state index in [0.717, 1.165) is 17.0 Å². The summed E-state index contributed by atoms with van der Waals surface area (Å²) in [6, 6.07) is 9.63. The van der Waals surface area contributed by atoms with Crippen molar-refractivity contribution in [2.24, 2.45) is 0 Å². The summed E-state index contributed by atoms with van der Waals surface area (Å²) in [7, 11) is 0. The van der Waals surface area contributed by atoms with Crippen molar-refractivity contribution in [3.05, 3.63) is 45.0 Å². The average Bonchev–Trinajstić information content (AvgIpc) is 3.17. The highest BCUT2D eigenvalue weighted by atomic mass is 32.1. The van der Waals surface area contributed by atoms with Gasteiger partial charge in [-0.2, -0.15) is 15.2 Å². The smallest absolute Gasteiger partial charge is 0.195 e. The second-order valence-electron chi connectivity index (χ2n) is 4.87. The van der Waals surface area contributed by atoms with E-state index in [-0.39, 0.29) is 6.61 Å². The first-order valence-corrected chi connectivity index (χ1v) is 7.73. The van der Waals surface area contributed by atoms with Gasteiger partial charge in [-0.1, -0.05) is 6.07 Å². The number of hydrogen-bond acceptors (Lipinski definition) is 8. The first kappa shape index (κ1) is 15.6. The number of ether oxygens (including phenoxy) is 1. The van der Waals surface area contributed by atoms with Crippen molar-refractivity contribution >= 4 is 11.3 Å². The van der Waals surface area contributed by atoms with Crippen LogP contribution < -0.4 is 4.74 Å². The van der Waals surface area contributed by atoms with Gasteiger partial charge in [0.25, 0.3) is 0 Å². The molecular weight excluding hydrogens is 326 g/mol. The first-order chi connectivity index (χ1) is 11.6. The molecule has 3 aromatic rings. The third-order valence-corrected chi connectivity index (χ3v) is 4.35. The van der Waals surface area contributed by atoms with Crippen LogP contribution >= 0.6 is 11.3 Å². The lowest BCUT2D eigenvalue weighted by molar-refractivity contribution is 0.290. The molecule has 0 amide bonds. The zero-order valence-corrected chi connectivity index (χ0v) is 13.7. The number of pyridine rings is 1. The van der Waals surface area contributed by atoms with Crippen LogP contribution in [-0.4, -0.2) is 25.2 Å². The van der Waals surface area contributed by atoms with Gasteiger partial charge in [-0.05, 0) is 36.4 Å². The predicted molar refractivity (Wildman–Crippen MR) is 84.5 cm³/mol. The Labute approximate surface area is 141 Å². The summed E-state index contributed by atoms with van der Waals surface area (Å²) in [5, 5.41) is 29.8. The molecular formula is C15H11N7OS. The summed E-state index contributed by atoms with van der Waals surface area (Å²) >= 11 is 1.11. The number of nitriles is 2. The lowest BCUT2D eigenvalue weighted by atomic mass is 10.2. The molecule has 0 aliphatic carbocycles. The fraction of sp³-hybridized carbons (Fsp3) is 0.200. The normalized spacial score (nSPS) is 10.2. The summed E-state index contributed by atoms with van der Waals surface area (Å²) in [6.45, 7) is 3.68. The molecule has 8 nitrogen and oxygen atoms in total. The lowest BCUT2D eigenvalue weighted by Crippen LogP contribution is -2.09. The molecule has 0 saturated carbocycles. The minimum atomic E-state index is 0.0553. The maximum absolute atomic E-state index is 9.19. The molecule has 3 heterocycles. The van der Waals surface area contributed by atoms with E-state index >= 15 is 0 Å². The molecule has 0 aliphatic heterocycles. The number of rotatable bonds is 4. The molecule has 0 atom stereocenters. The van der Waals surface area contributed by atoms with Crippen molar-refractivity contribution in [3.8, 4) is 23.7 Å². The molecule has 3 rings (SSSR count). The van der Waals surface area contributed by atoms with Crippen molar-refractivity contribution in [1.82, 2.24) is 25.2 Å². The Balaban J connectivity index is 1.88. The van der Waals surface area contributed by atoms with Crippen LogP contribution in [0.4, 0.5) is 0 Å². The molecule has 0 N–H and O–H groups in total. The largest absolute Gasteiger partial charge is 0.483 e. The van der Waals surface area contributed by atoms with Crippen molar-refractivity contribution in [3.63, 3.8) is 0 Å². The summed E-state index contributed by atoms with van der Waals surface area (Å²) in [5.74, 6) is 1.42. The highest BCUT2D eigenvalue weighted by Gasteiger charge is 2.18. The van der Waals surface area contributed by atoms with Crippen LogP contribution in [0.5, 0.6) is 5.75 Å². The molecule has 0 unspecified atom stereocenters. The van der Waals surface area contributed by atoms with Crippen LogP contribution in [0.15, 0.2) is 18.2 Å². The topological polar surface area (TPSA) is 113 Å². The fourth-order valence-corrected chi connectivity index (χ4v) is 2.96. The Bertz CT molecular complexity index is 977. The number of hydrogen-bond donors (Lipinski definition) is 0. The number of aromatic nitrogens is 5. The summed E-state index contributed by atoms with van der Waals surface area (Å²) < 4.78 is 7.20. The maximum atomic E-state index is 9.19. The summed E-state index contributed by atoms with van der Waals surface area (Å²) in [5.41, 5.74) is 1.49. The number of tetrazole rings is 1. The zero-order valence-electron chi connectivity index (χ0n) is 12.9. The van der Waals surface area contributed by atoms with E-state index in [9.17, 15) is 5.26 Å². The van der Waals surface area contributed by atoms with E-state index < -0.39 is 0 Å². The molecule has 0 spiro atoms. The van der Waals surface area contributed by atoms with Crippen molar-refractivity contribution in [2.45, 2.75) is 20.5 Å². The first-order valence-electron chi connectivity index (χ1n) is 6.91.